The van der Waals surface area contributed by atoms with Crippen molar-refractivity contribution in [1.82, 2.24) is 4.98 Å². The lowest BCUT2D eigenvalue weighted by Crippen LogP contribution is -2.38. The molecule has 0 bridgehead atoms. The van der Waals surface area contributed by atoms with Gasteiger partial charge in [-0.3, -0.25) is 4.79 Å². The van der Waals surface area contributed by atoms with Gasteiger partial charge >= 0.3 is 5.97 Å². The Balaban J connectivity index is 1.48. The van der Waals surface area contributed by atoms with Crippen molar-refractivity contribution in [3.63, 3.8) is 0 Å². The van der Waals surface area contributed by atoms with Crippen LogP contribution in [0.4, 0.5) is 11.5 Å². The molecule has 1 aromatic heterocycles. The Kier molecular flexibility index (Phi) is 7.39. The second-order valence-corrected chi connectivity index (χ2v) is 7.33. The maximum Gasteiger partial charge on any atom is 0.338 e. The average Bonchev–Trinajstić information content (AvgIpc) is 2.80. The van der Waals surface area contributed by atoms with Gasteiger partial charge in [0, 0.05) is 30.9 Å². The summed E-state index contributed by atoms with van der Waals surface area (Å²) in [5.74, 6) is 0.401. The summed E-state index contributed by atoms with van der Waals surface area (Å²) in [4.78, 5) is 31.0. The summed E-state index contributed by atoms with van der Waals surface area (Å²) in [6, 6.07) is 12.5. The number of unbranched alkanes of at least 4 members (excludes halogenated alkanes) is 1. The van der Waals surface area contributed by atoms with Gasteiger partial charge < -0.3 is 15.0 Å². The van der Waals surface area contributed by atoms with Gasteiger partial charge in [-0.2, -0.15) is 5.26 Å². The van der Waals surface area contributed by atoms with Crippen molar-refractivity contribution in [3.05, 3.63) is 53.7 Å². The number of piperidine rings is 1. The number of aromatic nitrogens is 1. The van der Waals surface area contributed by atoms with E-state index < -0.39 is 0 Å². The molecule has 1 N–H and O–H groups in total. The highest BCUT2D eigenvalue weighted by Gasteiger charge is 2.25. The Labute approximate surface area is 176 Å². The van der Waals surface area contributed by atoms with Crippen molar-refractivity contribution >= 4 is 23.4 Å². The number of nitriles is 1. The van der Waals surface area contributed by atoms with E-state index in [-0.39, 0.29) is 17.8 Å². The van der Waals surface area contributed by atoms with Crippen LogP contribution in [0.1, 0.15) is 48.5 Å². The van der Waals surface area contributed by atoms with Crippen molar-refractivity contribution in [2.45, 2.75) is 32.6 Å². The first-order chi connectivity index (χ1) is 14.6. The predicted octanol–water partition coefficient (Wildman–Crippen LogP) is 3.77. The van der Waals surface area contributed by atoms with Crippen LogP contribution in [0.2, 0.25) is 0 Å². The summed E-state index contributed by atoms with van der Waals surface area (Å²) in [7, 11) is 0. The summed E-state index contributed by atoms with van der Waals surface area (Å²) in [5.41, 5.74) is 1.68. The van der Waals surface area contributed by atoms with Gasteiger partial charge in [0.05, 0.1) is 17.7 Å². The minimum absolute atomic E-state index is 0.0132. The van der Waals surface area contributed by atoms with Crippen LogP contribution in [0.15, 0.2) is 42.6 Å². The quantitative estimate of drug-likeness (QED) is 0.556. The van der Waals surface area contributed by atoms with Gasteiger partial charge in [0.2, 0.25) is 5.91 Å². The molecule has 156 valence electrons. The van der Waals surface area contributed by atoms with E-state index in [1.54, 1.807) is 36.5 Å². The number of benzene rings is 1. The van der Waals surface area contributed by atoms with Crippen LogP contribution in [0, 0.1) is 17.2 Å². The first-order valence-electron chi connectivity index (χ1n) is 10.3. The van der Waals surface area contributed by atoms with Crippen LogP contribution < -0.4 is 10.2 Å². The molecule has 0 radical (unpaired) electrons. The largest absolute Gasteiger partial charge is 0.462 e. The van der Waals surface area contributed by atoms with Crippen LogP contribution in [0.25, 0.3) is 0 Å². The van der Waals surface area contributed by atoms with Crippen molar-refractivity contribution in [1.29, 1.82) is 5.26 Å². The third kappa shape index (κ3) is 5.57. The van der Waals surface area contributed by atoms with E-state index in [0.717, 1.165) is 44.6 Å². The number of ether oxygens (including phenoxy) is 1. The summed E-state index contributed by atoms with van der Waals surface area (Å²) in [6.07, 6.45) is 4.85. The second kappa shape index (κ2) is 10.4. The highest BCUT2D eigenvalue weighted by Crippen LogP contribution is 2.23. The molecule has 2 heterocycles. The molecule has 1 aliphatic rings. The van der Waals surface area contributed by atoms with Crippen molar-refractivity contribution in [2.24, 2.45) is 5.92 Å². The van der Waals surface area contributed by atoms with Crippen LogP contribution in [-0.4, -0.2) is 36.6 Å². The number of rotatable bonds is 7. The Morgan fingerprint density at radius 1 is 1.20 bits per heavy atom. The highest BCUT2D eigenvalue weighted by molar-refractivity contribution is 5.94. The van der Waals surface area contributed by atoms with Crippen molar-refractivity contribution < 1.29 is 14.3 Å². The van der Waals surface area contributed by atoms with Gasteiger partial charge in [-0.15, -0.1) is 0 Å². The molecule has 1 fully saturated rings. The van der Waals surface area contributed by atoms with Crippen LogP contribution >= 0.6 is 0 Å². The molecular weight excluding hydrogens is 380 g/mol. The number of carbonyl (C=O) groups excluding carboxylic acids is 2. The van der Waals surface area contributed by atoms with E-state index in [1.165, 1.54) is 0 Å². The molecule has 0 spiro atoms. The van der Waals surface area contributed by atoms with Gasteiger partial charge in [0.1, 0.15) is 11.9 Å². The first-order valence-corrected chi connectivity index (χ1v) is 10.3. The number of amides is 1. The maximum atomic E-state index is 12.6. The number of esters is 1. The lowest BCUT2D eigenvalue weighted by Gasteiger charge is -2.32. The number of anilines is 2. The van der Waals surface area contributed by atoms with E-state index in [2.05, 4.69) is 21.3 Å². The summed E-state index contributed by atoms with van der Waals surface area (Å²) in [5, 5.41) is 11.8. The van der Waals surface area contributed by atoms with E-state index in [4.69, 9.17) is 10.00 Å². The smallest absolute Gasteiger partial charge is 0.338 e. The average molecular weight is 406 g/mol. The molecule has 7 heteroatoms. The Bertz CT molecular complexity index is 896. The van der Waals surface area contributed by atoms with Crippen molar-refractivity contribution in [3.8, 4) is 6.07 Å². The van der Waals surface area contributed by atoms with Gasteiger partial charge in [0.15, 0.2) is 0 Å². The molecule has 0 unspecified atom stereocenters. The fraction of sp³-hybridized carbons (Fsp3) is 0.391. The molecule has 1 amide bonds. The van der Waals surface area contributed by atoms with Gasteiger partial charge in [-0.25, -0.2) is 9.78 Å². The lowest BCUT2D eigenvalue weighted by molar-refractivity contribution is -0.120. The van der Waals surface area contributed by atoms with Gasteiger partial charge in [-0.05, 0) is 55.7 Å². The van der Waals surface area contributed by atoms with E-state index in [1.807, 2.05) is 13.0 Å². The predicted molar refractivity (Wildman–Crippen MR) is 114 cm³/mol. The summed E-state index contributed by atoms with van der Waals surface area (Å²) < 4.78 is 5.19. The van der Waals surface area contributed by atoms with Gasteiger partial charge in [0.25, 0.3) is 0 Å². The molecule has 0 saturated carbocycles. The monoisotopic (exact) mass is 406 g/mol. The normalized spacial score (nSPS) is 14.1. The number of hydrogen-bond donors (Lipinski definition) is 1. The molecular formula is C23H26N4O3. The third-order valence-corrected chi connectivity index (χ3v) is 5.19. The minimum Gasteiger partial charge on any atom is -0.462 e. The fourth-order valence-electron chi connectivity index (χ4n) is 3.34. The summed E-state index contributed by atoms with van der Waals surface area (Å²) >= 11 is 0. The Hall–Kier alpha value is -3.40. The van der Waals surface area contributed by atoms with Crippen LogP contribution in [0.5, 0.6) is 0 Å². The molecule has 7 nitrogen and oxygen atoms in total. The molecule has 3 rings (SSSR count). The molecule has 30 heavy (non-hydrogen) atoms. The van der Waals surface area contributed by atoms with Crippen LogP contribution in [-0.2, 0) is 9.53 Å². The molecule has 1 aromatic carbocycles. The second-order valence-electron chi connectivity index (χ2n) is 7.33. The van der Waals surface area contributed by atoms with E-state index >= 15 is 0 Å². The number of hydrogen-bond acceptors (Lipinski definition) is 6. The molecule has 1 aliphatic heterocycles. The minimum atomic E-state index is -0.342. The first kappa shape index (κ1) is 21.3. The Morgan fingerprint density at radius 3 is 2.53 bits per heavy atom. The van der Waals surface area contributed by atoms with E-state index in [9.17, 15) is 9.59 Å². The van der Waals surface area contributed by atoms with Gasteiger partial charge in [-0.1, -0.05) is 13.3 Å². The number of nitrogens with one attached hydrogen (secondary N) is 1. The zero-order chi connectivity index (χ0) is 21.3. The van der Waals surface area contributed by atoms with Crippen molar-refractivity contribution in [2.75, 3.05) is 29.9 Å². The molecule has 0 atom stereocenters. The topological polar surface area (TPSA) is 95.3 Å². The zero-order valence-corrected chi connectivity index (χ0v) is 17.1. The van der Waals surface area contributed by atoms with E-state index in [0.29, 0.717) is 23.4 Å². The number of nitrogens with zero attached hydrogens (tertiary/aromatic N) is 3. The number of pyridine rings is 1. The third-order valence-electron chi connectivity index (χ3n) is 5.19. The lowest BCUT2D eigenvalue weighted by atomic mass is 9.95. The summed E-state index contributed by atoms with van der Waals surface area (Å²) in [6.45, 7) is 3.93. The number of carbonyl (C=O) groups is 2. The Morgan fingerprint density at radius 2 is 1.93 bits per heavy atom. The maximum absolute atomic E-state index is 12.6. The fourth-order valence-corrected chi connectivity index (χ4v) is 3.34. The SMILES string of the molecule is CCCCOC(=O)c1ccc(NC(=O)C2CCN(c3ccc(C#N)cn3)CC2)cc1. The standard InChI is InChI=1S/C23H26N4O3/c1-2-3-14-30-23(29)19-5-7-20(8-6-19)26-22(28)18-10-12-27(13-11-18)21-9-4-17(15-24)16-25-21/h4-9,16,18H,2-3,10-14H2,1H3,(H,26,28). The molecule has 2 aromatic rings. The molecule has 1 saturated heterocycles. The van der Waals surface area contributed by atoms with Crippen LogP contribution in [0.3, 0.4) is 0 Å². The molecule has 0 aliphatic carbocycles. The highest BCUT2D eigenvalue weighted by atomic mass is 16.5. The zero-order valence-electron chi connectivity index (χ0n) is 17.1.